The smallest absolute Gasteiger partial charge is 0.254 e. The van der Waals surface area contributed by atoms with Crippen molar-refractivity contribution in [3.8, 4) is 6.07 Å². The highest BCUT2D eigenvalue weighted by atomic mass is 32.2. The van der Waals surface area contributed by atoms with Gasteiger partial charge in [-0.1, -0.05) is 6.07 Å². The molecule has 1 atom stereocenters. The van der Waals surface area contributed by atoms with Crippen molar-refractivity contribution in [2.75, 3.05) is 0 Å². The Morgan fingerprint density at radius 1 is 1.24 bits per heavy atom. The Morgan fingerprint density at radius 3 is 2.67 bits per heavy atom. The van der Waals surface area contributed by atoms with Crippen LogP contribution < -0.4 is 0 Å². The third kappa shape index (κ3) is 3.89. The fourth-order valence-electron chi connectivity index (χ4n) is 1.67. The van der Waals surface area contributed by atoms with Crippen LogP contribution in [0.2, 0.25) is 0 Å². The van der Waals surface area contributed by atoms with Crippen LogP contribution in [-0.2, 0) is 22.7 Å². The van der Waals surface area contributed by atoms with Crippen LogP contribution in [0.25, 0.3) is 0 Å². The molecule has 3 nitrogen and oxygen atoms in total. The van der Waals surface area contributed by atoms with E-state index in [1.54, 1.807) is 6.07 Å². The van der Waals surface area contributed by atoms with Crippen LogP contribution in [0.4, 0.5) is 13.2 Å². The molecule has 0 aliphatic carbocycles. The first kappa shape index (κ1) is 15.2. The van der Waals surface area contributed by atoms with Gasteiger partial charge in [-0.3, -0.25) is 4.21 Å². The van der Waals surface area contributed by atoms with E-state index >= 15 is 0 Å². The fourth-order valence-corrected chi connectivity index (χ4v) is 2.81. The summed E-state index contributed by atoms with van der Waals surface area (Å²) in [6, 6.07) is 9.31. The molecule has 1 unspecified atom stereocenters. The van der Waals surface area contributed by atoms with Gasteiger partial charge in [0.25, 0.3) is 0 Å². The molecule has 1 aromatic carbocycles. The van der Waals surface area contributed by atoms with Gasteiger partial charge >= 0.3 is 6.18 Å². The number of alkyl halides is 3. The normalized spacial score (nSPS) is 12.7. The molecular formula is C14H9F3N2OS. The molecule has 0 spiro atoms. The van der Waals surface area contributed by atoms with Gasteiger partial charge in [-0.05, 0) is 35.9 Å². The second-order valence-electron chi connectivity index (χ2n) is 4.18. The van der Waals surface area contributed by atoms with Crippen LogP contribution in [0.15, 0.2) is 47.5 Å². The average Bonchev–Trinajstić information content (AvgIpc) is 2.46. The monoisotopic (exact) mass is 310 g/mol. The molecule has 7 heteroatoms. The van der Waals surface area contributed by atoms with Gasteiger partial charge in [0.2, 0.25) is 0 Å². The number of nitriles is 1. The summed E-state index contributed by atoms with van der Waals surface area (Å²) < 4.78 is 50.0. The lowest BCUT2D eigenvalue weighted by Crippen LogP contribution is -2.06. The van der Waals surface area contributed by atoms with Crippen LogP contribution in [0.5, 0.6) is 0 Å². The van der Waals surface area contributed by atoms with Crippen molar-refractivity contribution in [3.63, 3.8) is 0 Å². The summed E-state index contributed by atoms with van der Waals surface area (Å²) in [7, 11) is -1.63. The number of aromatic nitrogens is 1. The number of benzene rings is 1. The summed E-state index contributed by atoms with van der Waals surface area (Å²) in [5, 5.41) is 8.73. The standard InChI is InChI=1S/C14H9F3N2OS/c15-14(16,17)11-2-1-3-13(7-11)21(20)9-10-4-5-19-12(6-10)8-18/h1-7H,9H2. The van der Waals surface area contributed by atoms with Gasteiger partial charge in [0.15, 0.2) is 0 Å². The quantitative estimate of drug-likeness (QED) is 0.874. The lowest BCUT2D eigenvalue weighted by molar-refractivity contribution is -0.137. The summed E-state index contributed by atoms with van der Waals surface area (Å²) >= 11 is 0. The van der Waals surface area contributed by atoms with Gasteiger partial charge in [-0.25, -0.2) is 4.98 Å². The van der Waals surface area contributed by atoms with Crippen LogP contribution in [0.3, 0.4) is 0 Å². The first-order chi connectivity index (χ1) is 9.90. The highest BCUT2D eigenvalue weighted by Gasteiger charge is 2.30. The molecule has 0 fully saturated rings. The third-order valence-corrected chi connectivity index (χ3v) is 4.04. The van der Waals surface area contributed by atoms with E-state index in [9.17, 15) is 17.4 Å². The molecule has 0 radical (unpaired) electrons. The molecule has 108 valence electrons. The molecule has 0 amide bonds. The number of nitrogens with zero attached hydrogens (tertiary/aromatic N) is 2. The Morgan fingerprint density at radius 2 is 2.00 bits per heavy atom. The first-order valence-electron chi connectivity index (χ1n) is 5.81. The second kappa shape index (κ2) is 6.06. The van der Waals surface area contributed by atoms with E-state index in [2.05, 4.69) is 4.98 Å². The Bertz CT molecular complexity index is 723. The molecule has 1 aromatic heterocycles. The van der Waals surface area contributed by atoms with Gasteiger partial charge in [0.05, 0.1) is 22.1 Å². The van der Waals surface area contributed by atoms with Crippen LogP contribution in [0, 0.1) is 11.3 Å². The fraction of sp³-hybridized carbons (Fsp3) is 0.143. The Balaban J connectivity index is 2.23. The van der Waals surface area contributed by atoms with Gasteiger partial charge in [-0.2, -0.15) is 18.4 Å². The number of pyridine rings is 1. The Hall–Kier alpha value is -2.20. The molecule has 2 rings (SSSR count). The van der Waals surface area contributed by atoms with Crippen molar-refractivity contribution in [1.29, 1.82) is 5.26 Å². The Kier molecular flexibility index (Phi) is 4.38. The largest absolute Gasteiger partial charge is 0.416 e. The summed E-state index contributed by atoms with van der Waals surface area (Å²) in [6.07, 6.45) is -3.07. The van der Waals surface area contributed by atoms with E-state index in [-0.39, 0.29) is 16.3 Å². The van der Waals surface area contributed by atoms with Gasteiger partial charge in [-0.15, -0.1) is 0 Å². The molecule has 2 aromatic rings. The minimum atomic E-state index is -4.47. The van der Waals surface area contributed by atoms with Gasteiger partial charge < -0.3 is 0 Å². The lowest BCUT2D eigenvalue weighted by Gasteiger charge is -2.08. The predicted molar refractivity (Wildman–Crippen MR) is 70.5 cm³/mol. The molecule has 0 aliphatic heterocycles. The molecule has 0 saturated heterocycles. The third-order valence-electron chi connectivity index (χ3n) is 2.66. The van der Waals surface area contributed by atoms with Crippen molar-refractivity contribution >= 4 is 10.8 Å². The number of hydrogen-bond acceptors (Lipinski definition) is 3. The minimum absolute atomic E-state index is 0.0263. The zero-order valence-electron chi connectivity index (χ0n) is 10.6. The van der Waals surface area contributed by atoms with E-state index in [4.69, 9.17) is 5.26 Å². The number of halogens is 3. The summed E-state index contributed by atoms with van der Waals surface area (Å²) in [5.41, 5.74) is -0.0772. The van der Waals surface area contributed by atoms with Crippen molar-refractivity contribution < 1.29 is 17.4 Å². The highest BCUT2D eigenvalue weighted by molar-refractivity contribution is 7.84. The molecule has 1 heterocycles. The van der Waals surface area contributed by atoms with Crippen LogP contribution in [0.1, 0.15) is 16.8 Å². The van der Waals surface area contributed by atoms with Crippen LogP contribution in [-0.4, -0.2) is 9.19 Å². The van der Waals surface area contributed by atoms with E-state index in [0.29, 0.717) is 5.56 Å². The van der Waals surface area contributed by atoms with E-state index in [1.807, 2.05) is 6.07 Å². The first-order valence-corrected chi connectivity index (χ1v) is 7.13. The molecule has 21 heavy (non-hydrogen) atoms. The molecule has 0 aliphatic rings. The number of hydrogen-bond donors (Lipinski definition) is 0. The van der Waals surface area contributed by atoms with E-state index in [0.717, 1.165) is 12.1 Å². The summed E-state index contributed by atoms with van der Waals surface area (Å²) in [4.78, 5) is 3.87. The molecule has 0 N–H and O–H groups in total. The Labute approximate surface area is 121 Å². The predicted octanol–water partition coefficient (Wildman–Crippen LogP) is 3.28. The summed E-state index contributed by atoms with van der Waals surface area (Å²) in [5.74, 6) is 0.0263. The average molecular weight is 310 g/mol. The maximum Gasteiger partial charge on any atom is 0.416 e. The van der Waals surface area contributed by atoms with E-state index < -0.39 is 22.5 Å². The SMILES string of the molecule is N#Cc1cc(CS(=O)c2cccc(C(F)(F)F)c2)ccn1. The molecular weight excluding hydrogens is 301 g/mol. The van der Waals surface area contributed by atoms with Crippen LogP contribution >= 0.6 is 0 Å². The molecule has 0 saturated carbocycles. The van der Waals surface area contributed by atoms with Crippen molar-refractivity contribution in [2.45, 2.75) is 16.8 Å². The maximum absolute atomic E-state index is 12.6. The topological polar surface area (TPSA) is 53.8 Å². The molecule has 0 bridgehead atoms. The lowest BCUT2D eigenvalue weighted by atomic mass is 10.2. The summed E-state index contributed by atoms with van der Waals surface area (Å²) in [6.45, 7) is 0. The second-order valence-corrected chi connectivity index (χ2v) is 5.63. The van der Waals surface area contributed by atoms with Crippen molar-refractivity contribution in [3.05, 3.63) is 59.4 Å². The maximum atomic E-state index is 12.6. The highest BCUT2D eigenvalue weighted by Crippen LogP contribution is 2.30. The van der Waals surface area contributed by atoms with Gasteiger partial charge in [0, 0.05) is 11.1 Å². The van der Waals surface area contributed by atoms with E-state index in [1.165, 1.54) is 24.4 Å². The van der Waals surface area contributed by atoms with Crippen molar-refractivity contribution in [1.82, 2.24) is 4.98 Å². The zero-order valence-corrected chi connectivity index (χ0v) is 11.4. The van der Waals surface area contributed by atoms with Gasteiger partial charge in [0.1, 0.15) is 11.8 Å². The zero-order chi connectivity index (χ0) is 15.5. The minimum Gasteiger partial charge on any atom is -0.254 e. The number of rotatable bonds is 3. The van der Waals surface area contributed by atoms with Crippen molar-refractivity contribution in [2.24, 2.45) is 0 Å².